The molecule has 0 aliphatic rings. The summed E-state index contributed by atoms with van der Waals surface area (Å²) in [6, 6.07) is 0. The molecule has 0 saturated carbocycles. The average Bonchev–Trinajstić information content (AvgIpc) is 2.69. The summed E-state index contributed by atoms with van der Waals surface area (Å²) in [6.45, 7) is 10.3. The molecule has 0 spiro atoms. The van der Waals surface area contributed by atoms with Crippen LogP contribution in [0.1, 0.15) is 142 Å². The Kier molecular flexibility index (Phi) is 22.9. The summed E-state index contributed by atoms with van der Waals surface area (Å²) in [4.78, 5) is 0. The van der Waals surface area contributed by atoms with E-state index in [-0.39, 0.29) is 0 Å². The molecule has 29 heavy (non-hydrogen) atoms. The molecule has 0 fully saturated rings. The number of hydrogen-bond acceptors (Lipinski definition) is 2. The van der Waals surface area contributed by atoms with E-state index in [9.17, 15) is 0 Å². The van der Waals surface area contributed by atoms with Crippen LogP contribution >= 0.6 is 0 Å². The van der Waals surface area contributed by atoms with Crippen LogP contribution in [0.5, 0.6) is 0 Å². The van der Waals surface area contributed by atoms with Gasteiger partial charge in [0, 0.05) is 13.2 Å². The molecule has 0 aromatic carbocycles. The van der Waals surface area contributed by atoms with Gasteiger partial charge in [0.2, 0.25) is 0 Å². The van der Waals surface area contributed by atoms with Crippen molar-refractivity contribution in [1.29, 1.82) is 0 Å². The molecule has 0 radical (unpaired) electrons. The topological polar surface area (TPSA) is 18.5 Å². The van der Waals surface area contributed by atoms with Gasteiger partial charge < -0.3 is 8.85 Å². The molecule has 0 aliphatic heterocycles. The summed E-state index contributed by atoms with van der Waals surface area (Å²) in [5, 5.41) is 0. The standard InChI is InChI=1S/C26H56O2Si/c1-5-7-8-9-10-11-12-13-14-15-16-17-18-19-20-21-22-23-24-25-26-28-29(3,4)27-6-2/h5-26H2,1-4H3. The number of hydrogen-bond donors (Lipinski definition) is 0. The molecule has 0 bridgehead atoms. The van der Waals surface area contributed by atoms with Crippen molar-refractivity contribution in [2.45, 2.75) is 155 Å². The molecule has 0 aliphatic carbocycles. The van der Waals surface area contributed by atoms with Gasteiger partial charge in [-0.3, -0.25) is 0 Å². The number of rotatable bonds is 24. The lowest BCUT2D eigenvalue weighted by atomic mass is 10.0. The van der Waals surface area contributed by atoms with E-state index >= 15 is 0 Å². The molecule has 0 atom stereocenters. The van der Waals surface area contributed by atoms with Gasteiger partial charge in [0.25, 0.3) is 0 Å². The Morgan fingerprint density at radius 1 is 0.414 bits per heavy atom. The normalized spacial score (nSPS) is 12.0. The maximum absolute atomic E-state index is 5.92. The monoisotopic (exact) mass is 428 g/mol. The first-order valence-corrected chi connectivity index (χ1v) is 16.2. The van der Waals surface area contributed by atoms with Crippen molar-refractivity contribution in [3.8, 4) is 0 Å². The molecule has 0 N–H and O–H groups in total. The highest BCUT2D eigenvalue weighted by atomic mass is 28.4. The molecule has 0 aromatic rings. The van der Waals surface area contributed by atoms with E-state index in [2.05, 4.69) is 26.9 Å². The third-order valence-electron chi connectivity index (χ3n) is 5.94. The van der Waals surface area contributed by atoms with Crippen LogP contribution in [0.3, 0.4) is 0 Å². The Hall–Kier alpha value is 0.137. The summed E-state index contributed by atoms with van der Waals surface area (Å²) < 4.78 is 11.6. The van der Waals surface area contributed by atoms with Gasteiger partial charge in [-0.1, -0.05) is 129 Å². The van der Waals surface area contributed by atoms with E-state index in [0.29, 0.717) is 0 Å². The fourth-order valence-electron chi connectivity index (χ4n) is 4.06. The van der Waals surface area contributed by atoms with Crippen molar-refractivity contribution in [2.75, 3.05) is 13.2 Å². The molecule has 3 heteroatoms. The predicted octanol–water partition coefficient (Wildman–Crippen LogP) is 9.56. The van der Waals surface area contributed by atoms with E-state index in [0.717, 1.165) is 13.2 Å². The van der Waals surface area contributed by atoms with Crippen LogP contribution in [0.4, 0.5) is 0 Å². The fourth-order valence-corrected chi connectivity index (χ4v) is 5.48. The lowest BCUT2D eigenvalue weighted by Crippen LogP contribution is -2.35. The Morgan fingerprint density at radius 3 is 1.03 bits per heavy atom. The zero-order valence-electron chi connectivity index (χ0n) is 20.9. The van der Waals surface area contributed by atoms with Gasteiger partial charge in [-0.15, -0.1) is 0 Å². The molecular weight excluding hydrogens is 372 g/mol. The van der Waals surface area contributed by atoms with Crippen molar-refractivity contribution in [3.05, 3.63) is 0 Å². The minimum atomic E-state index is -1.82. The zero-order chi connectivity index (χ0) is 21.5. The minimum absolute atomic E-state index is 0.776. The van der Waals surface area contributed by atoms with Gasteiger partial charge in [-0.2, -0.15) is 0 Å². The molecule has 0 unspecified atom stereocenters. The Labute approximate surface area is 186 Å². The van der Waals surface area contributed by atoms with Crippen molar-refractivity contribution >= 4 is 8.56 Å². The van der Waals surface area contributed by atoms with E-state index in [1.807, 2.05) is 0 Å². The van der Waals surface area contributed by atoms with Crippen LogP contribution < -0.4 is 0 Å². The fraction of sp³-hybridized carbons (Fsp3) is 1.00. The highest BCUT2D eigenvalue weighted by molar-refractivity contribution is 6.64. The van der Waals surface area contributed by atoms with Crippen molar-refractivity contribution in [2.24, 2.45) is 0 Å². The smallest absolute Gasteiger partial charge is 0.331 e. The summed E-state index contributed by atoms with van der Waals surface area (Å²) in [5.41, 5.74) is 0. The molecule has 176 valence electrons. The van der Waals surface area contributed by atoms with E-state index < -0.39 is 8.56 Å². The number of unbranched alkanes of at least 4 members (excludes halogenated alkanes) is 19. The summed E-state index contributed by atoms with van der Waals surface area (Å²) in [5.74, 6) is 0. The van der Waals surface area contributed by atoms with Gasteiger partial charge in [0.05, 0.1) is 0 Å². The Bertz CT molecular complexity index is 307. The SMILES string of the molecule is CCCCCCCCCCCCCCCCCCCCCCO[Si](C)(C)OCC. The summed E-state index contributed by atoms with van der Waals surface area (Å²) >= 11 is 0. The molecule has 0 amide bonds. The minimum Gasteiger partial charge on any atom is -0.395 e. The van der Waals surface area contributed by atoms with Crippen molar-refractivity contribution in [3.63, 3.8) is 0 Å². The van der Waals surface area contributed by atoms with Gasteiger partial charge in [0.15, 0.2) is 0 Å². The van der Waals surface area contributed by atoms with E-state index in [1.54, 1.807) is 0 Å². The Balaban J connectivity index is 3.08. The van der Waals surface area contributed by atoms with E-state index in [4.69, 9.17) is 8.85 Å². The average molecular weight is 429 g/mol. The highest BCUT2D eigenvalue weighted by Gasteiger charge is 2.22. The first-order valence-electron chi connectivity index (χ1n) is 13.4. The van der Waals surface area contributed by atoms with Crippen LogP contribution in [0, 0.1) is 0 Å². The van der Waals surface area contributed by atoms with E-state index in [1.165, 1.54) is 128 Å². The third kappa shape index (κ3) is 24.3. The summed E-state index contributed by atoms with van der Waals surface area (Å²) in [6.07, 6.45) is 28.6. The second-order valence-corrected chi connectivity index (χ2v) is 12.8. The van der Waals surface area contributed by atoms with Gasteiger partial charge >= 0.3 is 8.56 Å². The quantitative estimate of drug-likeness (QED) is 0.112. The van der Waals surface area contributed by atoms with Crippen molar-refractivity contribution < 1.29 is 8.85 Å². The van der Waals surface area contributed by atoms with Crippen LogP contribution in [0.25, 0.3) is 0 Å². The maximum Gasteiger partial charge on any atom is 0.331 e. The zero-order valence-corrected chi connectivity index (χ0v) is 21.9. The maximum atomic E-state index is 5.92. The predicted molar refractivity (Wildman–Crippen MR) is 133 cm³/mol. The molecule has 2 nitrogen and oxygen atoms in total. The lowest BCUT2D eigenvalue weighted by Gasteiger charge is -2.21. The first-order chi connectivity index (χ1) is 14.1. The molecular formula is C26H56O2Si. The highest BCUT2D eigenvalue weighted by Crippen LogP contribution is 2.15. The molecule has 0 saturated heterocycles. The van der Waals surface area contributed by atoms with Crippen LogP contribution in [-0.4, -0.2) is 21.8 Å². The van der Waals surface area contributed by atoms with Gasteiger partial charge in [0.1, 0.15) is 0 Å². The van der Waals surface area contributed by atoms with Crippen LogP contribution in [0.15, 0.2) is 0 Å². The first kappa shape index (κ1) is 29.1. The molecule has 0 rings (SSSR count). The van der Waals surface area contributed by atoms with Crippen molar-refractivity contribution in [1.82, 2.24) is 0 Å². The Morgan fingerprint density at radius 2 is 0.724 bits per heavy atom. The largest absolute Gasteiger partial charge is 0.395 e. The second-order valence-electron chi connectivity index (χ2n) is 9.40. The van der Waals surface area contributed by atoms with Crippen LogP contribution in [0.2, 0.25) is 13.1 Å². The van der Waals surface area contributed by atoms with Crippen LogP contribution in [-0.2, 0) is 8.85 Å². The second kappa shape index (κ2) is 22.8. The van der Waals surface area contributed by atoms with Gasteiger partial charge in [-0.05, 0) is 26.4 Å². The van der Waals surface area contributed by atoms with Gasteiger partial charge in [-0.25, -0.2) is 0 Å². The molecule has 0 aromatic heterocycles. The third-order valence-corrected chi connectivity index (χ3v) is 7.82. The molecule has 0 heterocycles. The summed E-state index contributed by atoms with van der Waals surface area (Å²) in [7, 11) is -1.82. The lowest BCUT2D eigenvalue weighted by molar-refractivity contribution is 0.183.